The van der Waals surface area contributed by atoms with Gasteiger partial charge in [0.2, 0.25) is 0 Å². The van der Waals surface area contributed by atoms with E-state index in [0.29, 0.717) is 27.8 Å². The molecule has 0 spiro atoms. The maximum Gasteiger partial charge on any atom is 1.00 e. The number of benzene rings is 9. The number of sulfone groups is 1. The van der Waals surface area contributed by atoms with Crippen molar-refractivity contribution in [2.24, 2.45) is 0 Å². The van der Waals surface area contributed by atoms with Gasteiger partial charge >= 0.3 is 45.2 Å². The molecule has 624 valence electrons. The minimum atomic E-state index is -5.80. The molecule has 0 aliphatic carbocycles. The quantitative estimate of drug-likeness (QED) is 0.0117. The maximum atomic E-state index is 13.0. The second kappa shape index (κ2) is 49.8. The molecule has 0 N–H and O–H groups in total. The molecule has 9 aromatic rings. The van der Waals surface area contributed by atoms with Crippen molar-refractivity contribution < 1.29 is 76.7 Å². The van der Waals surface area contributed by atoms with Crippen LogP contribution < -0.4 is 55.5 Å². The zero-order valence-electron chi connectivity index (χ0n) is 73.8. The van der Waals surface area contributed by atoms with Crippen molar-refractivity contribution >= 4 is 132 Å². The molecule has 0 amide bonds. The van der Waals surface area contributed by atoms with Gasteiger partial charge in [-0.25, -0.2) is 21.0 Å². The maximum absolute atomic E-state index is 13.0. The van der Waals surface area contributed by atoms with Gasteiger partial charge in [0, 0.05) is 37.7 Å². The number of hydrogen-bond donors (Lipinski definition) is 0. The van der Waals surface area contributed by atoms with Crippen LogP contribution >= 0.6 is 11.8 Å². The van der Waals surface area contributed by atoms with Gasteiger partial charge in [0.1, 0.15) is 13.7 Å². The van der Waals surface area contributed by atoms with E-state index in [-0.39, 0.29) is 35.3 Å². The topological polar surface area (TPSA) is 135 Å². The molecule has 1 unspecified atom stereocenters. The van der Waals surface area contributed by atoms with Crippen LogP contribution in [0.15, 0.2) is 277 Å². The summed E-state index contributed by atoms with van der Waals surface area (Å²) in [6.45, 7) is 52.9. The van der Waals surface area contributed by atoms with Gasteiger partial charge in [0.25, 0.3) is 0 Å². The minimum absolute atomic E-state index is 0. The monoisotopic (exact) mass is 1790 g/mol. The number of alkyl halides is 3. The van der Waals surface area contributed by atoms with E-state index in [4.69, 9.17) is 4.18 Å². The number of thioether (sulfide) groups is 1. The van der Waals surface area contributed by atoms with Gasteiger partial charge in [-0.15, -0.1) is 17.3 Å². The zero-order chi connectivity index (χ0) is 86.6. The van der Waals surface area contributed by atoms with Gasteiger partial charge < -0.3 is 4.55 Å². The van der Waals surface area contributed by atoms with Crippen LogP contribution in [0.1, 0.15) is 57.7 Å². The second-order valence-corrected chi connectivity index (χ2v) is 85.0. The average molecular weight is 1790 g/mol. The van der Waals surface area contributed by atoms with Crippen molar-refractivity contribution in [2.45, 2.75) is 217 Å². The van der Waals surface area contributed by atoms with E-state index in [1.54, 1.807) is 72.8 Å². The van der Waals surface area contributed by atoms with Crippen molar-refractivity contribution in [1.82, 2.24) is 0 Å². The molecular weight excluding hydrogens is 1650 g/mol. The van der Waals surface area contributed by atoms with Crippen LogP contribution in [0, 0.1) is 11.5 Å². The predicted molar refractivity (Wildman–Crippen MR) is 512 cm³/mol. The van der Waals surface area contributed by atoms with E-state index in [1.807, 2.05) is 73.9 Å². The molecule has 0 bridgehead atoms. The van der Waals surface area contributed by atoms with Crippen LogP contribution in [0.25, 0.3) is 0 Å². The molecule has 0 fully saturated rings. The molecule has 0 saturated carbocycles. The van der Waals surface area contributed by atoms with Crippen LogP contribution in [0.2, 0.25) is 155 Å². The van der Waals surface area contributed by atoms with Crippen molar-refractivity contribution in [3.05, 3.63) is 284 Å². The normalized spacial score (nSPS) is 12.5. The molecule has 0 saturated heterocycles. The Bertz CT molecular complexity index is 4410. The SMILES string of the molecule is CC(OS(=O)(=O)C(F)(F)F)(c1ccccc1)c1ccccc1[Si](C)(C)C.CC[Si](CC)(CC)CC.C[Si](C)(C)C.C[Si](C)(C)C#Cc1ccccc1.C[Si](C)(C)CCCS(=O)(=O)[O-].C[Si](C)(C)CS(=O)(=O)c1ccccc1.C[Si](C)(C)CSc1ccccc1.[Na+].c1ccc([Si](c2ccccc2)(c2ccccc2)c2ccccc2)cc1. The molecule has 1 atom stereocenters. The molecule has 9 rings (SSSR count). The van der Waals surface area contributed by atoms with Crippen molar-refractivity contribution in [3.8, 4) is 11.5 Å². The van der Waals surface area contributed by atoms with E-state index in [0.717, 1.165) is 16.8 Å². The third-order valence-electron chi connectivity index (χ3n) is 17.8. The van der Waals surface area contributed by atoms with Crippen LogP contribution in [-0.4, -0.2) is 116 Å². The van der Waals surface area contributed by atoms with Crippen LogP contribution in [0.4, 0.5) is 13.2 Å². The number of rotatable bonds is 23. The second-order valence-electron chi connectivity index (χ2n) is 35.9. The first kappa shape index (κ1) is 108. The summed E-state index contributed by atoms with van der Waals surface area (Å²) in [4.78, 5) is 1.85. The molecule has 115 heavy (non-hydrogen) atoms. The Morgan fingerprint density at radius 3 is 1.07 bits per heavy atom. The van der Waals surface area contributed by atoms with E-state index in [9.17, 15) is 43.0 Å². The Morgan fingerprint density at radius 1 is 0.435 bits per heavy atom. The van der Waals surface area contributed by atoms with Crippen molar-refractivity contribution in [1.29, 1.82) is 0 Å². The standard InChI is InChI=1S/C24H20Si.C18H21F3O3SSi.C11H14Si.C10H16O2SSi.C10H16SSi.C8H20Si.C6H16O3SSi.C4H12Si.Na/c1-5-13-21(14-6-1)25(22-15-7-2-8-16-22,23-17-9-3-10-18-23)24-19-11-4-12-20-24;1-17(14-10-6-5-7-11-14,24-25(22,23)18(19,20)21)15-12-8-9-13-16(15)26(2,3)4;1-12(2,3)10-9-11-7-5-4-6-8-11;1-14(2,3)9-13(11,12)10-7-5-4-6-8-10;1-12(2,3)9-11-10-7-5-4-6-8-10;1-5-9(6-2,7-3)8-4;1-11(2,3)6-4-5-10(7,8)9;1-5(2,3)4;/h1-20H;5-13H,1-4H3;4-8H,1-3H3;4-8H,9H2,1-3H3;4-8H,9H2,1-3H3;5-8H2,1-4H3;4-6H2,1-3H3,(H,7,8,9);1-4H3;/q;;;;;;;;+1/p-1. The Hall–Kier alpha value is -4.81. The number of halogens is 3. The van der Waals surface area contributed by atoms with Gasteiger partial charge in [0.05, 0.1) is 47.3 Å². The fourth-order valence-corrected chi connectivity index (χ4v) is 33.0. The first-order valence-electron chi connectivity index (χ1n) is 39.5. The smallest absolute Gasteiger partial charge is 0.748 e. The molecule has 9 aromatic carbocycles. The van der Waals surface area contributed by atoms with Crippen LogP contribution in [0.5, 0.6) is 0 Å². The Labute approximate surface area is 730 Å². The van der Waals surface area contributed by atoms with Crippen molar-refractivity contribution in [3.63, 3.8) is 0 Å². The van der Waals surface area contributed by atoms with E-state index >= 15 is 0 Å². The molecule has 0 aliphatic rings. The molecule has 24 heteroatoms. The Kier molecular flexibility index (Phi) is 46.9. The van der Waals surface area contributed by atoms with Crippen LogP contribution in [-0.2, 0) is 39.9 Å². The first-order valence-corrected chi connectivity index (χ1v) is 72.1. The van der Waals surface area contributed by atoms with Gasteiger partial charge in [-0.2, -0.15) is 21.6 Å². The summed E-state index contributed by atoms with van der Waals surface area (Å²) >= 11 is 1.99. The zero-order valence-corrected chi connectivity index (χ0v) is 87.1. The molecule has 0 aromatic heterocycles. The molecule has 8 nitrogen and oxygen atoms in total. The predicted octanol–water partition coefficient (Wildman–Crippen LogP) is 20.1. The van der Waals surface area contributed by atoms with E-state index in [2.05, 4.69) is 296 Å². The summed E-state index contributed by atoms with van der Waals surface area (Å²) in [5, 5.41) is 8.14. The van der Waals surface area contributed by atoms with Gasteiger partial charge in [-0.05, 0) is 87.0 Å². The summed E-state index contributed by atoms with van der Waals surface area (Å²) in [7, 11) is -23.2. The first-order chi connectivity index (χ1) is 52.6. The van der Waals surface area contributed by atoms with Crippen LogP contribution in [0.3, 0.4) is 0 Å². The summed E-state index contributed by atoms with van der Waals surface area (Å²) in [5.41, 5.74) is -2.09. The Balaban J connectivity index is 0.000000687. The summed E-state index contributed by atoms with van der Waals surface area (Å²) in [5.74, 6) is 3.00. The van der Waals surface area contributed by atoms with E-state index < -0.39 is 106 Å². The molecule has 0 radical (unpaired) electrons. The van der Waals surface area contributed by atoms with Gasteiger partial charge in [0.15, 0.2) is 17.9 Å². The molecular formula is C91H134F3NaO8S4Si8. The van der Waals surface area contributed by atoms with Gasteiger partial charge in [-0.3, -0.25) is 0 Å². The van der Waals surface area contributed by atoms with E-state index in [1.165, 1.54) is 62.1 Å². The fraction of sp³-hybridized carbons (Fsp3) is 0.385. The Morgan fingerprint density at radius 2 is 0.765 bits per heavy atom. The summed E-state index contributed by atoms with van der Waals surface area (Å²) in [6, 6.07) is 95.3. The summed E-state index contributed by atoms with van der Waals surface area (Å²) in [6.07, 6.45) is 0.529. The molecule has 0 aliphatic heterocycles. The third-order valence-corrected chi connectivity index (χ3v) is 45.9. The summed E-state index contributed by atoms with van der Waals surface area (Å²) < 4.78 is 122. The number of hydrogen-bond acceptors (Lipinski definition) is 9. The third kappa shape index (κ3) is 42.8. The molecule has 0 heterocycles. The minimum Gasteiger partial charge on any atom is -0.748 e. The van der Waals surface area contributed by atoms with Gasteiger partial charge in [-0.1, -0.05) is 424 Å². The largest absolute Gasteiger partial charge is 1.00 e. The average Bonchev–Trinajstić information content (AvgIpc) is 0.742. The van der Waals surface area contributed by atoms with Crippen molar-refractivity contribution in [2.75, 3.05) is 16.5 Å². The fourth-order valence-electron chi connectivity index (χ4n) is 11.7.